The Morgan fingerprint density at radius 2 is 1.50 bits per heavy atom. The third-order valence-corrected chi connectivity index (χ3v) is 5.12. The number of carbonyl (C=O) groups excluding carboxylic acids is 1. The number of rotatable bonds is 4. The van der Waals surface area contributed by atoms with Gasteiger partial charge in [-0.2, -0.15) is 0 Å². The predicted octanol–water partition coefficient (Wildman–Crippen LogP) is 3.19. The minimum Gasteiger partial charge on any atom is -0.378 e. The van der Waals surface area contributed by atoms with Crippen LogP contribution in [0.25, 0.3) is 0 Å². The number of morpholine rings is 1. The second-order valence-corrected chi connectivity index (χ2v) is 6.87. The zero-order chi connectivity index (χ0) is 18.4. The van der Waals surface area contributed by atoms with E-state index in [0.717, 1.165) is 11.1 Å². The van der Waals surface area contributed by atoms with E-state index in [2.05, 4.69) is 29.6 Å². The van der Waals surface area contributed by atoms with Crippen LogP contribution in [0.5, 0.6) is 0 Å². The first-order valence-corrected chi connectivity index (χ1v) is 9.35. The van der Waals surface area contributed by atoms with Gasteiger partial charge >= 0.3 is 0 Å². The molecule has 26 heavy (non-hydrogen) atoms. The van der Waals surface area contributed by atoms with Gasteiger partial charge in [0.05, 0.1) is 13.2 Å². The number of hydrogen-bond donors (Lipinski definition) is 1. The van der Waals surface area contributed by atoms with Crippen LogP contribution in [-0.4, -0.2) is 42.2 Å². The van der Waals surface area contributed by atoms with Gasteiger partial charge in [-0.25, -0.2) is 0 Å². The van der Waals surface area contributed by atoms with Gasteiger partial charge in [0.1, 0.15) is 0 Å². The SMILES string of the molecule is C[C@@H](C(=O)NC(=S)N1CCOCC1)C(c1ccccc1)c1ccccc1. The fraction of sp³-hybridized carbons (Fsp3) is 0.333. The average Bonchev–Trinajstić information content (AvgIpc) is 2.70. The molecule has 1 amide bonds. The Bertz CT molecular complexity index is 691. The molecule has 0 aromatic heterocycles. The lowest BCUT2D eigenvalue weighted by atomic mass is 9.81. The van der Waals surface area contributed by atoms with Crippen LogP contribution < -0.4 is 5.32 Å². The maximum Gasteiger partial charge on any atom is 0.229 e. The summed E-state index contributed by atoms with van der Waals surface area (Å²) in [4.78, 5) is 14.9. The summed E-state index contributed by atoms with van der Waals surface area (Å²) < 4.78 is 5.34. The lowest BCUT2D eigenvalue weighted by molar-refractivity contribution is -0.123. The smallest absolute Gasteiger partial charge is 0.229 e. The van der Waals surface area contributed by atoms with Gasteiger partial charge < -0.3 is 15.0 Å². The number of amides is 1. The summed E-state index contributed by atoms with van der Waals surface area (Å²) in [5.74, 6) is -0.331. The van der Waals surface area contributed by atoms with E-state index in [9.17, 15) is 4.79 Å². The molecule has 1 N–H and O–H groups in total. The van der Waals surface area contributed by atoms with Crippen LogP contribution in [-0.2, 0) is 9.53 Å². The highest BCUT2D eigenvalue weighted by Crippen LogP contribution is 2.32. The summed E-state index contributed by atoms with van der Waals surface area (Å²) in [7, 11) is 0. The fourth-order valence-corrected chi connectivity index (χ4v) is 3.59. The van der Waals surface area contributed by atoms with Crippen LogP contribution >= 0.6 is 12.2 Å². The van der Waals surface area contributed by atoms with Crippen molar-refractivity contribution in [3.05, 3.63) is 71.8 Å². The Morgan fingerprint density at radius 3 is 2.00 bits per heavy atom. The van der Waals surface area contributed by atoms with Crippen molar-refractivity contribution in [1.82, 2.24) is 10.2 Å². The van der Waals surface area contributed by atoms with Crippen LogP contribution in [0, 0.1) is 5.92 Å². The second kappa shape index (κ2) is 8.92. The quantitative estimate of drug-likeness (QED) is 0.842. The topological polar surface area (TPSA) is 41.6 Å². The van der Waals surface area contributed by atoms with Crippen LogP contribution in [0.1, 0.15) is 24.0 Å². The Balaban J connectivity index is 1.77. The van der Waals surface area contributed by atoms with Gasteiger partial charge in [-0.05, 0) is 23.3 Å². The summed E-state index contributed by atoms with van der Waals surface area (Å²) in [6.07, 6.45) is 0. The Labute approximate surface area is 160 Å². The van der Waals surface area contributed by atoms with Crippen LogP contribution in [0.15, 0.2) is 60.7 Å². The van der Waals surface area contributed by atoms with Crippen molar-refractivity contribution in [3.63, 3.8) is 0 Å². The number of ether oxygens (including phenoxy) is 1. The first-order valence-electron chi connectivity index (χ1n) is 8.94. The maximum absolute atomic E-state index is 12.9. The van der Waals surface area contributed by atoms with E-state index in [0.29, 0.717) is 31.4 Å². The molecule has 0 saturated carbocycles. The molecule has 0 spiro atoms. The molecular weight excluding hydrogens is 344 g/mol. The highest BCUT2D eigenvalue weighted by atomic mass is 32.1. The molecule has 2 aromatic rings. The van der Waals surface area contributed by atoms with Crippen molar-refractivity contribution in [1.29, 1.82) is 0 Å². The van der Waals surface area contributed by atoms with Crippen LogP contribution in [0.2, 0.25) is 0 Å². The van der Waals surface area contributed by atoms with Crippen molar-refractivity contribution in [2.75, 3.05) is 26.3 Å². The average molecular weight is 369 g/mol. The first kappa shape index (κ1) is 18.5. The summed E-state index contributed by atoms with van der Waals surface area (Å²) in [5.41, 5.74) is 2.25. The van der Waals surface area contributed by atoms with E-state index in [1.54, 1.807) is 0 Å². The number of carbonyl (C=O) groups is 1. The third kappa shape index (κ3) is 4.48. The largest absolute Gasteiger partial charge is 0.378 e. The molecular formula is C21H24N2O2S. The van der Waals surface area contributed by atoms with E-state index < -0.39 is 0 Å². The summed E-state index contributed by atoms with van der Waals surface area (Å²) in [6, 6.07) is 20.3. The predicted molar refractivity (Wildman–Crippen MR) is 107 cm³/mol. The van der Waals surface area contributed by atoms with Crippen molar-refractivity contribution in [2.24, 2.45) is 5.92 Å². The number of nitrogens with zero attached hydrogens (tertiary/aromatic N) is 1. The summed E-state index contributed by atoms with van der Waals surface area (Å²) in [6.45, 7) is 4.68. The Morgan fingerprint density at radius 1 is 1.00 bits per heavy atom. The van der Waals surface area contributed by atoms with E-state index in [4.69, 9.17) is 17.0 Å². The van der Waals surface area contributed by atoms with E-state index in [-0.39, 0.29) is 17.7 Å². The van der Waals surface area contributed by atoms with E-state index >= 15 is 0 Å². The number of hydrogen-bond acceptors (Lipinski definition) is 3. The van der Waals surface area contributed by atoms with Crippen molar-refractivity contribution in [3.8, 4) is 0 Å². The minimum absolute atomic E-state index is 0.0233. The molecule has 0 bridgehead atoms. The molecule has 0 unspecified atom stereocenters. The third-order valence-electron chi connectivity index (χ3n) is 4.76. The maximum atomic E-state index is 12.9. The molecule has 1 aliphatic heterocycles. The van der Waals surface area contributed by atoms with Gasteiger partial charge in [-0.15, -0.1) is 0 Å². The van der Waals surface area contributed by atoms with Crippen molar-refractivity contribution < 1.29 is 9.53 Å². The molecule has 0 radical (unpaired) electrons. The Kier molecular flexibility index (Phi) is 6.36. The number of benzene rings is 2. The van der Waals surface area contributed by atoms with Gasteiger partial charge in [0.15, 0.2) is 5.11 Å². The molecule has 1 fully saturated rings. The highest BCUT2D eigenvalue weighted by Gasteiger charge is 2.28. The van der Waals surface area contributed by atoms with E-state index in [1.165, 1.54) is 0 Å². The van der Waals surface area contributed by atoms with E-state index in [1.807, 2.05) is 48.2 Å². The molecule has 4 nitrogen and oxygen atoms in total. The fourth-order valence-electron chi connectivity index (χ4n) is 3.31. The standard InChI is InChI=1S/C21H24N2O2S/c1-16(20(24)22-21(26)23-12-14-25-15-13-23)19(17-8-4-2-5-9-17)18-10-6-3-7-11-18/h2-11,16,19H,12-15H2,1H3,(H,22,24,26)/t16-/m1/s1. The second-order valence-electron chi connectivity index (χ2n) is 6.48. The van der Waals surface area contributed by atoms with Crippen LogP contribution in [0.3, 0.4) is 0 Å². The van der Waals surface area contributed by atoms with Gasteiger partial charge in [0.25, 0.3) is 0 Å². The summed E-state index contributed by atoms with van der Waals surface area (Å²) >= 11 is 5.43. The minimum atomic E-state index is -0.251. The molecule has 1 saturated heterocycles. The zero-order valence-electron chi connectivity index (χ0n) is 14.9. The lowest BCUT2D eigenvalue weighted by Crippen LogP contribution is -2.49. The monoisotopic (exact) mass is 368 g/mol. The molecule has 1 aliphatic rings. The Hall–Kier alpha value is -2.24. The van der Waals surface area contributed by atoms with Crippen molar-refractivity contribution >= 4 is 23.2 Å². The van der Waals surface area contributed by atoms with Gasteiger partial charge in [-0.3, -0.25) is 4.79 Å². The van der Waals surface area contributed by atoms with Crippen LogP contribution in [0.4, 0.5) is 0 Å². The highest BCUT2D eigenvalue weighted by molar-refractivity contribution is 7.80. The lowest BCUT2D eigenvalue weighted by Gasteiger charge is -2.30. The molecule has 5 heteroatoms. The molecule has 0 aliphatic carbocycles. The zero-order valence-corrected chi connectivity index (χ0v) is 15.7. The molecule has 136 valence electrons. The summed E-state index contributed by atoms with van der Waals surface area (Å²) in [5, 5.41) is 3.42. The normalized spacial score (nSPS) is 15.5. The van der Waals surface area contributed by atoms with Crippen molar-refractivity contribution in [2.45, 2.75) is 12.8 Å². The number of nitrogens with one attached hydrogen (secondary N) is 1. The molecule has 1 atom stereocenters. The molecule has 1 heterocycles. The van der Waals surface area contributed by atoms with Gasteiger partial charge in [0.2, 0.25) is 5.91 Å². The molecule has 3 rings (SSSR count). The van der Waals surface area contributed by atoms with Gasteiger partial charge in [0, 0.05) is 24.9 Å². The molecule has 2 aromatic carbocycles. The number of thiocarbonyl (C=S) groups is 1. The van der Waals surface area contributed by atoms with Gasteiger partial charge in [-0.1, -0.05) is 67.6 Å². The first-order chi connectivity index (χ1) is 12.7.